The van der Waals surface area contributed by atoms with E-state index in [4.69, 9.17) is 4.42 Å². The SMILES string of the molecule is Cc1cccnc1C(C)NS(=O)(=O)c1ccc2oc(=O)n(C)c2c1. The number of oxazole rings is 1. The van der Waals surface area contributed by atoms with E-state index in [9.17, 15) is 13.2 Å². The summed E-state index contributed by atoms with van der Waals surface area (Å²) in [5.74, 6) is -0.537. The van der Waals surface area contributed by atoms with Gasteiger partial charge in [-0.15, -0.1) is 0 Å². The van der Waals surface area contributed by atoms with Crippen LogP contribution in [0.5, 0.6) is 0 Å². The molecule has 0 bridgehead atoms. The lowest BCUT2D eigenvalue weighted by molar-refractivity contribution is 0.528. The Morgan fingerprint density at radius 3 is 2.75 bits per heavy atom. The fourth-order valence-corrected chi connectivity index (χ4v) is 3.81. The molecule has 24 heavy (non-hydrogen) atoms. The minimum Gasteiger partial charge on any atom is -0.408 e. The van der Waals surface area contributed by atoms with Crippen molar-refractivity contribution in [1.82, 2.24) is 14.3 Å². The Morgan fingerprint density at radius 2 is 2.04 bits per heavy atom. The first-order valence-electron chi connectivity index (χ1n) is 7.33. The lowest BCUT2D eigenvalue weighted by atomic mass is 10.1. The zero-order valence-electron chi connectivity index (χ0n) is 13.5. The van der Waals surface area contributed by atoms with Crippen molar-refractivity contribution in [2.75, 3.05) is 0 Å². The number of aryl methyl sites for hydroxylation is 2. The van der Waals surface area contributed by atoms with Crippen LogP contribution in [-0.4, -0.2) is 18.0 Å². The first-order chi connectivity index (χ1) is 11.3. The molecule has 0 saturated carbocycles. The molecule has 0 amide bonds. The van der Waals surface area contributed by atoms with Crippen molar-refractivity contribution in [3.8, 4) is 0 Å². The van der Waals surface area contributed by atoms with Crippen LogP contribution in [0.15, 0.2) is 50.6 Å². The van der Waals surface area contributed by atoms with Crippen LogP contribution in [0.4, 0.5) is 0 Å². The van der Waals surface area contributed by atoms with Crippen LogP contribution in [0.3, 0.4) is 0 Å². The summed E-state index contributed by atoms with van der Waals surface area (Å²) in [6.45, 7) is 3.61. The molecule has 1 unspecified atom stereocenters. The van der Waals surface area contributed by atoms with E-state index in [1.54, 1.807) is 19.2 Å². The smallest absolute Gasteiger partial charge is 0.408 e. The molecular weight excluding hydrogens is 330 g/mol. The van der Waals surface area contributed by atoms with Gasteiger partial charge in [-0.2, -0.15) is 0 Å². The van der Waals surface area contributed by atoms with E-state index >= 15 is 0 Å². The Morgan fingerprint density at radius 1 is 1.29 bits per heavy atom. The van der Waals surface area contributed by atoms with Gasteiger partial charge in [0, 0.05) is 13.2 Å². The predicted molar refractivity (Wildman–Crippen MR) is 89.2 cm³/mol. The first-order valence-corrected chi connectivity index (χ1v) is 8.81. The van der Waals surface area contributed by atoms with Crippen LogP contribution in [0.1, 0.15) is 24.2 Å². The minimum absolute atomic E-state index is 0.0619. The third-order valence-electron chi connectivity index (χ3n) is 3.87. The van der Waals surface area contributed by atoms with E-state index in [0.29, 0.717) is 16.8 Å². The van der Waals surface area contributed by atoms with Gasteiger partial charge in [-0.25, -0.2) is 17.9 Å². The van der Waals surface area contributed by atoms with Crippen LogP contribution < -0.4 is 10.5 Å². The Kier molecular flexibility index (Phi) is 4.02. The molecule has 1 aromatic carbocycles. The molecule has 7 nitrogen and oxygen atoms in total. The summed E-state index contributed by atoms with van der Waals surface area (Å²) in [6, 6.07) is 7.49. The molecule has 0 aliphatic rings. The molecule has 0 spiro atoms. The average molecular weight is 347 g/mol. The van der Waals surface area contributed by atoms with Gasteiger partial charge in [-0.05, 0) is 43.7 Å². The third kappa shape index (κ3) is 2.85. The molecular formula is C16H17N3O4S. The standard InChI is InChI=1S/C16H17N3O4S/c1-10-5-4-8-17-15(10)11(2)18-24(21,22)12-6-7-14-13(9-12)19(3)16(20)23-14/h4-9,11,18H,1-3H3. The van der Waals surface area contributed by atoms with Crippen LogP contribution in [0, 0.1) is 6.92 Å². The van der Waals surface area contributed by atoms with Gasteiger partial charge in [-0.1, -0.05) is 6.07 Å². The van der Waals surface area contributed by atoms with Crippen molar-refractivity contribution in [1.29, 1.82) is 0 Å². The number of pyridine rings is 1. The van der Waals surface area contributed by atoms with Crippen molar-refractivity contribution in [2.45, 2.75) is 24.8 Å². The van der Waals surface area contributed by atoms with E-state index in [2.05, 4.69) is 9.71 Å². The fourth-order valence-electron chi connectivity index (χ4n) is 2.58. The molecule has 0 fully saturated rings. The normalized spacial score (nSPS) is 13.3. The monoisotopic (exact) mass is 347 g/mol. The van der Waals surface area contributed by atoms with E-state index in [-0.39, 0.29) is 4.90 Å². The second-order valence-electron chi connectivity index (χ2n) is 5.61. The molecule has 3 rings (SSSR count). The molecule has 8 heteroatoms. The number of sulfonamides is 1. The number of benzene rings is 1. The Balaban J connectivity index is 1.97. The summed E-state index contributed by atoms with van der Waals surface area (Å²) < 4.78 is 34.2. The highest BCUT2D eigenvalue weighted by atomic mass is 32.2. The molecule has 0 radical (unpaired) electrons. The highest BCUT2D eigenvalue weighted by molar-refractivity contribution is 7.89. The second-order valence-corrected chi connectivity index (χ2v) is 7.32. The number of hydrogen-bond donors (Lipinski definition) is 1. The number of fused-ring (bicyclic) bond motifs is 1. The lowest BCUT2D eigenvalue weighted by Gasteiger charge is -2.15. The van der Waals surface area contributed by atoms with Gasteiger partial charge in [0.1, 0.15) is 0 Å². The van der Waals surface area contributed by atoms with E-state index in [0.717, 1.165) is 5.56 Å². The van der Waals surface area contributed by atoms with Gasteiger partial charge in [-0.3, -0.25) is 9.55 Å². The van der Waals surface area contributed by atoms with Gasteiger partial charge in [0.05, 0.1) is 22.1 Å². The zero-order chi connectivity index (χ0) is 17.5. The third-order valence-corrected chi connectivity index (χ3v) is 5.40. The Bertz CT molecular complexity index is 1070. The molecule has 0 aliphatic carbocycles. The van der Waals surface area contributed by atoms with Gasteiger partial charge < -0.3 is 4.42 Å². The number of rotatable bonds is 4. The van der Waals surface area contributed by atoms with Gasteiger partial charge in [0.25, 0.3) is 0 Å². The molecule has 0 saturated heterocycles. The summed E-state index contributed by atoms with van der Waals surface area (Å²) >= 11 is 0. The molecule has 1 N–H and O–H groups in total. The average Bonchev–Trinajstić information content (AvgIpc) is 2.81. The highest BCUT2D eigenvalue weighted by Crippen LogP contribution is 2.21. The molecule has 1 atom stereocenters. The van der Waals surface area contributed by atoms with Crippen LogP contribution >= 0.6 is 0 Å². The van der Waals surface area contributed by atoms with Crippen molar-refractivity contribution < 1.29 is 12.8 Å². The number of hydrogen-bond acceptors (Lipinski definition) is 5. The number of nitrogens with one attached hydrogen (secondary N) is 1. The quantitative estimate of drug-likeness (QED) is 0.777. The Hall–Kier alpha value is -2.45. The molecule has 2 aromatic heterocycles. The zero-order valence-corrected chi connectivity index (χ0v) is 14.3. The summed E-state index contributed by atoms with van der Waals surface area (Å²) in [4.78, 5) is 15.8. The van der Waals surface area contributed by atoms with E-state index in [1.807, 2.05) is 13.0 Å². The second kappa shape index (κ2) is 5.88. The summed E-state index contributed by atoms with van der Waals surface area (Å²) in [5.41, 5.74) is 2.33. The van der Waals surface area contributed by atoms with Gasteiger partial charge >= 0.3 is 5.76 Å². The number of aromatic nitrogens is 2. The maximum atomic E-state index is 12.6. The number of nitrogens with zero attached hydrogens (tertiary/aromatic N) is 2. The predicted octanol–water partition coefficient (Wildman–Crippen LogP) is 1.87. The summed E-state index contributed by atoms with van der Waals surface area (Å²) in [5, 5.41) is 0. The van der Waals surface area contributed by atoms with Gasteiger partial charge in [0.2, 0.25) is 10.0 Å². The molecule has 2 heterocycles. The van der Waals surface area contributed by atoms with Crippen LogP contribution in [0.2, 0.25) is 0 Å². The van der Waals surface area contributed by atoms with Crippen molar-refractivity contribution in [2.24, 2.45) is 7.05 Å². The lowest BCUT2D eigenvalue weighted by Crippen LogP contribution is -2.28. The van der Waals surface area contributed by atoms with E-state index < -0.39 is 21.8 Å². The van der Waals surface area contributed by atoms with Crippen LogP contribution in [-0.2, 0) is 17.1 Å². The largest absolute Gasteiger partial charge is 0.419 e. The van der Waals surface area contributed by atoms with Crippen molar-refractivity contribution in [3.05, 3.63) is 58.3 Å². The minimum atomic E-state index is -3.77. The highest BCUT2D eigenvalue weighted by Gasteiger charge is 2.21. The van der Waals surface area contributed by atoms with Crippen molar-refractivity contribution in [3.63, 3.8) is 0 Å². The molecule has 3 aromatic rings. The first kappa shape index (κ1) is 16.4. The van der Waals surface area contributed by atoms with Crippen molar-refractivity contribution >= 4 is 21.1 Å². The van der Waals surface area contributed by atoms with Gasteiger partial charge in [0.15, 0.2) is 5.58 Å². The Labute approximate surface area is 139 Å². The molecule has 126 valence electrons. The van der Waals surface area contributed by atoms with Crippen LogP contribution in [0.25, 0.3) is 11.1 Å². The summed E-state index contributed by atoms with van der Waals surface area (Å²) in [6.07, 6.45) is 1.63. The molecule has 0 aliphatic heterocycles. The summed E-state index contributed by atoms with van der Waals surface area (Å²) in [7, 11) is -2.24. The maximum absolute atomic E-state index is 12.6. The maximum Gasteiger partial charge on any atom is 0.419 e. The topological polar surface area (TPSA) is 94.2 Å². The van der Waals surface area contributed by atoms with E-state index in [1.165, 1.54) is 29.8 Å². The fraction of sp³-hybridized carbons (Fsp3) is 0.250.